The van der Waals surface area contributed by atoms with Gasteiger partial charge in [0, 0.05) is 18.5 Å². The van der Waals surface area contributed by atoms with Gasteiger partial charge in [0.25, 0.3) is 0 Å². The fourth-order valence-electron chi connectivity index (χ4n) is 3.76. The summed E-state index contributed by atoms with van der Waals surface area (Å²) in [6.45, 7) is 0.865. The lowest BCUT2D eigenvalue weighted by Crippen LogP contribution is -2.35. The van der Waals surface area contributed by atoms with Crippen molar-refractivity contribution in [1.29, 1.82) is 0 Å². The molecule has 18 heavy (non-hydrogen) atoms. The summed E-state index contributed by atoms with van der Waals surface area (Å²) in [5.41, 5.74) is 6.02. The Hall–Kier alpha value is -0.830. The van der Waals surface area contributed by atoms with E-state index in [1.807, 2.05) is 0 Å². The van der Waals surface area contributed by atoms with Gasteiger partial charge in [-0.25, -0.2) is 0 Å². The van der Waals surface area contributed by atoms with Crippen molar-refractivity contribution in [1.82, 2.24) is 5.32 Å². The lowest BCUT2D eigenvalue weighted by molar-refractivity contribution is -0.125. The van der Waals surface area contributed by atoms with Crippen molar-refractivity contribution < 1.29 is 4.79 Å². The van der Waals surface area contributed by atoms with Gasteiger partial charge in [0.05, 0.1) is 0 Å². The van der Waals surface area contributed by atoms with Crippen molar-refractivity contribution in [3.8, 4) is 0 Å². The summed E-state index contributed by atoms with van der Waals surface area (Å²) in [4.78, 5) is 12.2. The van der Waals surface area contributed by atoms with Gasteiger partial charge < -0.3 is 11.1 Å². The van der Waals surface area contributed by atoms with Gasteiger partial charge in [-0.1, -0.05) is 12.2 Å². The molecule has 0 radical (unpaired) electrons. The Morgan fingerprint density at radius 3 is 2.44 bits per heavy atom. The Balaban J connectivity index is 1.44. The van der Waals surface area contributed by atoms with Crippen molar-refractivity contribution in [3.63, 3.8) is 0 Å². The second-order valence-electron chi connectivity index (χ2n) is 6.31. The predicted octanol–water partition coefficient (Wildman–Crippen LogP) is 1.83. The maximum atomic E-state index is 12.2. The first kappa shape index (κ1) is 12.2. The first-order valence-corrected chi connectivity index (χ1v) is 7.44. The van der Waals surface area contributed by atoms with E-state index in [1.54, 1.807) is 0 Å². The third-order valence-electron chi connectivity index (χ3n) is 5.04. The highest BCUT2D eigenvalue weighted by molar-refractivity contribution is 5.80. The van der Waals surface area contributed by atoms with Gasteiger partial charge in [-0.3, -0.25) is 4.79 Å². The van der Waals surface area contributed by atoms with E-state index in [0.717, 1.165) is 13.0 Å². The molecule has 0 aromatic heterocycles. The highest BCUT2D eigenvalue weighted by Crippen LogP contribution is 2.54. The second kappa shape index (κ2) is 5.04. The summed E-state index contributed by atoms with van der Waals surface area (Å²) in [5, 5.41) is 3.18. The van der Waals surface area contributed by atoms with Crippen molar-refractivity contribution in [2.24, 2.45) is 29.4 Å². The molecule has 0 saturated heterocycles. The van der Waals surface area contributed by atoms with E-state index < -0.39 is 0 Å². The molecule has 2 fully saturated rings. The zero-order valence-electron chi connectivity index (χ0n) is 11.0. The summed E-state index contributed by atoms with van der Waals surface area (Å²) < 4.78 is 0. The largest absolute Gasteiger partial charge is 0.356 e. The number of nitrogens with one attached hydrogen (secondary N) is 1. The molecule has 3 heteroatoms. The monoisotopic (exact) mass is 248 g/mol. The van der Waals surface area contributed by atoms with E-state index in [-0.39, 0.29) is 17.9 Å². The highest BCUT2D eigenvalue weighted by atomic mass is 16.1. The number of hydrogen-bond acceptors (Lipinski definition) is 2. The molecular formula is C15H24N2O. The zero-order valence-corrected chi connectivity index (χ0v) is 11.0. The summed E-state index contributed by atoms with van der Waals surface area (Å²) >= 11 is 0. The van der Waals surface area contributed by atoms with Crippen molar-refractivity contribution in [3.05, 3.63) is 12.2 Å². The molecule has 3 N–H and O–H groups in total. The lowest BCUT2D eigenvalue weighted by atomic mass is 9.98. The quantitative estimate of drug-likeness (QED) is 0.749. The molecule has 0 heterocycles. The number of allylic oxidation sites excluding steroid dienone is 2. The van der Waals surface area contributed by atoms with Crippen LogP contribution in [0, 0.1) is 23.7 Å². The molecule has 0 aliphatic heterocycles. The maximum Gasteiger partial charge on any atom is 0.223 e. The van der Waals surface area contributed by atoms with Crippen LogP contribution in [0.25, 0.3) is 0 Å². The molecule has 4 atom stereocenters. The Morgan fingerprint density at radius 1 is 1.17 bits per heavy atom. The van der Waals surface area contributed by atoms with E-state index in [9.17, 15) is 4.79 Å². The minimum Gasteiger partial charge on any atom is -0.356 e. The molecule has 100 valence electrons. The van der Waals surface area contributed by atoms with E-state index in [0.29, 0.717) is 17.8 Å². The van der Waals surface area contributed by atoms with Gasteiger partial charge in [-0.2, -0.15) is 0 Å². The molecular weight excluding hydrogens is 224 g/mol. The molecule has 1 amide bonds. The lowest BCUT2D eigenvalue weighted by Gasteiger charge is -2.18. The maximum absolute atomic E-state index is 12.2. The summed E-state index contributed by atoms with van der Waals surface area (Å²) in [7, 11) is 0. The average molecular weight is 248 g/mol. The minimum atomic E-state index is 0.217. The number of nitrogens with two attached hydrogens (primary N) is 1. The van der Waals surface area contributed by atoms with Crippen LogP contribution < -0.4 is 11.1 Å². The van der Waals surface area contributed by atoms with Crippen LogP contribution in [0.4, 0.5) is 0 Å². The molecule has 0 aromatic carbocycles. The van der Waals surface area contributed by atoms with Gasteiger partial charge in [-0.05, 0) is 56.3 Å². The smallest absolute Gasteiger partial charge is 0.223 e. The highest BCUT2D eigenvalue weighted by Gasteiger charge is 2.55. The van der Waals surface area contributed by atoms with Crippen LogP contribution in [-0.4, -0.2) is 18.5 Å². The Kier molecular flexibility index (Phi) is 3.42. The van der Waals surface area contributed by atoms with Crippen LogP contribution >= 0.6 is 0 Å². The van der Waals surface area contributed by atoms with Crippen molar-refractivity contribution in [2.45, 2.75) is 44.6 Å². The number of amides is 1. The minimum absolute atomic E-state index is 0.217. The first-order valence-electron chi connectivity index (χ1n) is 7.44. The molecule has 0 bridgehead atoms. The Labute approximate surface area is 109 Å². The van der Waals surface area contributed by atoms with Crippen LogP contribution in [0.1, 0.15) is 38.5 Å². The van der Waals surface area contributed by atoms with Crippen molar-refractivity contribution >= 4 is 5.91 Å². The van der Waals surface area contributed by atoms with E-state index >= 15 is 0 Å². The fourth-order valence-corrected chi connectivity index (χ4v) is 3.76. The molecule has 0 unspecified atom stereocenters. The summed E-state index contributed by atoms with van der Waals surface area (Å²) in [6, 6.07) is 0.285. The molecule has 3 aliphatic rings. The van der Waals surface area contributed by atoms with E-state index in [1.165, 1.54) is 32.1 Å². The number of carbonyl (C=O) groups excluding carboxylic acids is 1. The van der Waals surface area contributed by atoms with Gasteiger partial charge in [0.2, 0.25) is 5.91 Å². The number of carbonyl (C=O) groups is 1. The van der Waals surface area contributed by atoms with Crippen LogP contribution in [0.3, 0.4) is 0 Å². The first-order chi connectivity index (χ1) is 8.75. The van der Waals surface area contributed by atoms with E-state index in [4.69, 9.17) is 5.73 Å². The fraction of sp³-hybridized carbons (Fsp3) is 0.800. The average Bonchev–Trinajstić information content (AvgIpc) is 3.13. The topological polar surface area (TPSA) is 55.1 Å². The Morgan fingerprint density at radius 2 is 1.89 bits per heavy atom. The predicted molar refractivity (Wildman–Crippen MR) is 71.8 cm³/mol. The number of hydrogen-bond donors (Lipinski definition) is 2. The molecule has 0 aromatic rings. The molecule has 2 saturated carbocycles. The zero-order chi connectivity index (χ0) is 12.5. The van der Waals surface area contributed by atoms with E-state index in [2.05, 4.69) is 17.5 Å². The van der Waals surface area contributed by atoms with Crippen LogP contribution in [0.5, 0.6) is 0 Å². The third-order valence-corrected chi connectivity index (χ3v) is 5.04. The standard InChI is InChI=1S/C15H24N2O/c16-14-8-13(11-7-12(11)14)15(18)17-9-10-5-3-1-2-4-6-10/h1-2,10-14H,3-9,16H2,(H,17,18)/t11-,12+,13-,14+/m0/s1. The molecule has 3 aliphatic carbocycles. The Bertz CT molecular complexity index is 342. The molecule has 3 rings (SSSR count). The van der Waals surface area contributed by atoms with Gasteiger partial charge in [-0.15, -0.1) is 0 Å². The van der Waals surface area contributed by atoms with Gasteiger partial charge >= 0.3 is 0 Å². The molecule has 3 nitrogen and oxygen atoms in total. The van der Waals surface area contributed by atoms with Crippen LogP contribution in [0.2, 0.25) is 0 Å². The summed E-state index contributed by atoms with van der Waals surface area (Å²) in [5.74, 6) is 2.41. The van der Waals surface area contributed by atoms with Gasteiger partial charge in [0.1, 0.15) is 0 Å². The number of rotatable bonds is 3. The van der Waals surface area contributed by atoms with Crippen LogP contribution in [-0.2, 0) is 4.79 Å². The number of fused-ring (bicyclic) bond motifs is 1. The summed E-state index contributed by atoms with van der Waals surface area (Å²) in [6.07, 6.45) is 11.4. The van der Waals surface area contributed by atoms with Crippen molar-refractivity contribution in [2.75, 3.05) is 6.54 Å². The van der Waals surface area contributed by atoms with Gasteiger partial charge in [0.15, 0.2) is 0 Å². The third kappa shape index (κ3) is 2.46. The molecule has 0 spiro atoms. The SMILES string of the molecule is N[C@@H]1C[C@H](C(=O)NCC2CCC=CCC2)[C@H]2C[C@H]21. The van der Waals surface area contributed by atoms with Crippen LogP contribution in [0.15, 0.2) is 12.2 Å². The second-order valence-corrected chi connectivity index (χ2v) is 6.31. The normalized spacial score (nSPS) is 39.2.